The number of methoxy groups -OCH3 is 3. The summed E-state index contributed by atoms with van der Waals surface area (Å²) in [5, 5.41) is 3.59. The van der Waals surface area contributed by atoms with Crippen molar-refractivity contribution in [3.05, 3.63) is 35.4 Å². The van der Waals surface area contributed by atoms with E-state index in [0.717, 1.165) is 31.6 Å². The summed E-state index contributed by atoms with van der Waals surface area (Å²) in [4.78, 5) is 29.9. The minimum absolute atomic E-state index is 0.113. The number of anilines is 3. The van der Waals surface area contributed by atoms with E-state index in [1.807, 2.05) is 12.1 Å². The predicted octanol–water partition coefficient (Wildman–Crippen LogP) is 4.35. The number of halogens is 1. The van der Waals surface area contributed by atoms with Crippen LogP contribution < -0.4 is 29.3 Å². The van der Waals surface area contributed by atoms with E-state index in [4.69, 9.17) is 25.8 Å². The Labute approximate surface area is 204 Å². The van der Waals surface area contributed by atoms with Crippen molar-refractivity contribution >= 4 is 40.5 Å². The van der Waals surface area contributed by atoms with Gasteiger partial charge in [0.2, 0.25) is 17.6 Å². The third kappa shape index (κ3) is 4.87. The van der Waals surface area contributed by atoms with Gasteiger partial charge >= 0.3 is 0 Å². The number of piperidine rings is 1. The van der Waals surface area contributed by atoms with Crippen LogP contribution in [0.4, 0.5) is 17.1 Å². The van der Waals surface area contributed by atoms with Gasteiger partial charge in [-0.3, -0.25) is 9.59 Å². The average Bonchev–Trinajstić information content (AvgIpc) is 3.25. The molecule has 9 heteroatoms. The van der Waals surface area contributed by atoms with E-state index < -0.39 is 5.92 Å². The maximum Gasteiger partial charge on any atom is 0.229 e. The molecule has 2 aromatic rings. The molecule has 0 saturated carbocycles. The van der Waals surface area contributed by atoms with Gasteiger partial charge in [-0.1, -0.05) is 11.6 Å². The number of carbonyl (C=O) groups excluding carboxylic acids is 2. The Morgan fingerprint density at radius 3 is 2.29 bits per heavy atom. The third-order valence-electron chi connectivity index (χ3n) is 6.37. The van der Waals surface area contributed by atoms with E-state index in [1.54, 1.807) is 23.1 Å². The molecule has 8 nitrogen and oxygen atoms in total. The van der Waals surface area contributed by atoms with Crippen LogP contribution in [0.25, 0.3) is 0 Å². The molecule has 1 N–H and O–H groups in total. The molecule has 0 radical (unpaired) electrons. The van der Waals surface area contributed by atoms with Crippen molar-refractivity contribution in [2.24, 2.45) is 5.92 Å². The second-order valence-electron chi connectivity index (χ2n) is 8.49. The zero-order valence-corrected chi connectivity index (χ0v) is 20.5. The molecule has 182 valence electrons. The molecule has 2 aliphatic rings. The summed E-state index contributed by atoms with van der Waals surface area (Å²) >= 11 is 6.24. The van der Waals surface area contributed by atoms with Crippen LogP contribution in [0.5, 0.6) is 17.2 Å². The number of carbonyl (C=O) groups is 2. The lowest BCUT2D eigenvalue weighted by molar-refractivity contribution is -0.122. The Bertz CT molecular complexity index is 1050. The summed E-state index contributed by atoms with van der Waals surface area (Å²) < 4.78 is 16.2. The molecule has 2 saturated heterocycles. The molecule has 34 heavy (non-hydrogen) atoms. The molecular formula is C25H30ClN3O5. The van der Waals surface area contributed by atoms with Gasteiger partial charge in [-0.25, -0.2) is 0 Å². The highest BCUT2D eigenvalue weighted by Crippen LogP contribution is 2.42. The standard InChI is InChI=1S/C25H30ClN3O5/c1-32-21-13-18(14-22(33-2)24(21)34-3)29-15-16(11-23(29)30)25(31)27-19-12-17(26)7-8-20(19)28-9-5-4-6-10-28/h7-8,12-14,16H,4-6,9-11,15H2,1-3H3,(H,27,31). The van der Waals surface area contributed by atoms with Gasteiger partial charge in [-0.05, 0) is 37.5 Å². The molecule has 0 bridgehead atoms. The van der Waals surface area contributed by atoms with Crippen LogP contribution in [0.15, 0.2) is 30.3 Å². The molecule has 4 rings (SSSR count). The minimum Gasteiger partial charge on any atom is -0.493 e. The molecular weight excluding hydrogens is 458 g/mol. The molecule has 2 aromatic carbocycles. The first-order chi connectivity index (χ1) is 16.4. The number of ether oxygens (including phenoxy) is 3. The van der Waals surface area contributed by atoms with E-state index in [1.165, 1.54) is 27.8 Å². The van der Waals surface area contributed by atoms with Gasteiger partial charge in [-0.2, -0.15) is 0 Å². The highest BCUT2D eigenvalue weighted by molar-refractivity contribution is 6.31. The Balaban J connectivity index is 1.53. The summed E-state index contributed by atoms with van der Waals surface area (Å²) in [6, 6.07) is 8.99. The highest BCUT2D eigenvalue weighted by atomic mass is 35.5. The Morgan fingerprint density at radius 2 is 1.68 bits per heavy atom. The smallest absolute Gasteiger partial charge is 0.229 e. The number of benzene rings is 2. The zero-order chi connectivity index (χ0) is 24.2. The van der Waals surface area contributed by atoms with Crippen LogP contribution in [-0.4, -0.2) is 52.8 Å². The molecule has 2 amide bonds. The highest BCUT2D eigenvalue weighted by Gasteiger charge is 2.36. The molecule has 2 fully saturated rings. The molecule has 2 heterocycles. The van der Waals surface area contributed by atoms with Gasteiger partial charge < -0.3 is 29.3 Å². The largest absolute Gasteiger partial charge is 0.493 e. The quantitative estimate of drug-likeness (QED) is 0.625. The van der Waals surface area contributed by atoms with Gasteiger partial charge in [0.1, 0.15) is 0 Å². The molecule has 1 unspecified atom stereocenters. The van der Waals surface area contributed by atoms with Crippen molar-refractivity contribution in [1.29, 1.82) is 0 Å². The molecule has 0 spiro atoms. The summed E-state index contributed by atoms with van der Waals surface area (Å²) in [6.45, 7) is 2.14. The SMILES string of the molecule is COc1cc(N2CC(C(=O)Nc3cc(Cl)ccc3N3CCCCC3)CC2=O)cc(OC)c1OC. The van der Waals surface area contributed by atoms with Crippen molar-refractivity contribution < 1.29 is 23.8 Å². The molecule has 0 aliphatic carbocycles. The van der Waals surface area contributed by atoms with Crippen LogP contribution in [0.3, 0.4) is 0 Å². The van der Waals surface area contributed by atoms with Crippen molar-refractivity contribution in [1.82, 2.24) is 0 Å². The van der Waals surface area contributed by atoms with Crippen molar-refractivity contribution in [3.63, 3.8) is 0 Å². The number of hydrogen-bond acceptors (Lipinski definition) is 6. The van der Waals surface area contributed by atoms with Crippen molar-refractivity contribution in [2.75, 3.05) is 56.1 Å². The van der Waals surface area contributed by atoms with Gasteiger partial charge in [0, 0.05) is 43.2 Å². The van der Waals surface area contributed by atoms with Crippen LogP contribution in [0.1, 0.15) is 25.7 Å². The first kappa shape index (κ1) is 24.0. The first-order valence-corrected chi connectivity index (χ1v) is 11.8. The molecule has 0 aromatic heterocycles. The lowest BCUT2D eigenvalue weighted by Gasteiger charge is -2.31. The lowest BCUT2D eigenvalue weighted by Crippen LogP contribution is -2.31. The summed E-state index contributed by atoms with van der Waals surface area (Å²) in [5.74, 6) is 0.492. The van der Waals surface area contributed by atoms with Gasteiger partial charge in [0.25, 0.3) is 0 Å². The number of amides is 2. The van der Waals surface area contributed by atoms with Crippen molar-refractivity contribution in [2.45, 2.75) is 25.7 Å². The molecule has 2 aliphatic heterocycles. The topological polar surface area (TPSA) is 80.3 Å². The second-order valence-corrected chi connectivity index (χ2v) is 8.92. The number of nitrogens with one attached hydrogen (secondary N) is 1. The van der Waals surface area contributed by atoms with Gasteiger partial charge in [0.15, 0.2) is 11.5 Å². The van der Waals surface area contributed by atoms with Gasteiger partial charge in [-0.15, -0.1) is 0 Å². The zero-order valence-electron chi connectivity index (χ0n) is 19.7. The van der Waals surface area contributed by atoms with E-state index in [-0.39, 0.29) is 24.8 Å². The van der Waals surface area contributed by atoms with E-state index >= 15 is 0 Å². The fraction of sp³-hybridized carbons (Fsp3) is 0.440. The fourth-order valence-electron chi connectivity index (χ4n) is 4.61. The molecule has 1 atom stereocenters. The predicted molar refractivity (Wildman–Crippen MR) is 133 cm³/mol. The van der Waals surface area contributed by atoms with Crippen molar-refractivity contribution in [3.8, 4) is 17.2 Å². The van der Waals surface area contributed by atoms with Crippen LogP contribution in [-0.2, 0) is 9.59 Å². The van der Waals surface area contributed by atoms with Crippen LogP contribution in [0.2, 0.25) is 5.02 Å². The number of hydrogen-bond donors (Lipinski definition) is 1. The number of rotatable bonds is 7. The normalized spacial score (nSPS) is 18.1. The summed E-state index contributed by atoms with van der Waals surface area (Å²) in [5.41, 5.74) is 2.23. The van der Waals surface area contributed by atoms with E-state index in [0.29, 0.717) is 33.6 Å². The van der Waals surface area contributed by atoms with E-state index in [9.17, 15) is 9.59 Å². The van der Waals surface area contributed by atoms with E-state index in [2.05, 4.69) is 10.2 Å². The van der Waals surface area contributed by atoms with Crippen LogP contribution >= 0.6 is 11.6 Å². The number of nitrogens with zero attached hydrogens (tertiary/aromatic N) is 2. The maximum absolute atomic E-state index is 13.2. The van der Waals surface area contributed by atoms with Gasteiger partial charge in [0.05, 0.1) is 44.3 Å². The Kier molecular flexibility index (Phi) is 7.36. The minimum atomic E-state index is -0.500. The maximum atomic E-state index is 13.2. The van der Waals surface area contributed by atoms with Crippen LogP contribution in [0, 0.1) is 5.92 Å². The first-order valence-electron chi connectivity index (χ1n) is 11.4. The summed E-state index contributed by atoms with van der Waals surface area (Å²) in [6.07, 6.45) is 3.57. The Hall–Kier alpha value is -3.13. The third-order valence-corrected chi connectivity index (χ3v) is 6.61. The second kappa shape index (κ2) is 10.4. The lowest BCUT2D eigenvalue weighted by atomic mass is 10.1. The monoisotopic (exact) mass is 487 g/mol. The summed E-state index contributed by atoms with van der Waals surface area (Å²) in [7, 11) is 4.57. The fourth-order valence-corrected chi connectivity index (χ4v) is 4.78. The average molecular weight is 488 g/mol. The Morgan fingerprint density at radius 1 is 1.00 bits per heavy atom.